The van der Waals surface area contributed by atoms with Crippen molar-refractivity contribution in [3.8, 4) is 17.1 Å². The van der Waals surface area contributed by atoms with Gasteiger partial charge >= 0.3 is 0 Å². The fraction of sp³-hybridized carbons (Fsp3) is 0.462. The van der Waals surface area contributed by atoms with Crippen molar-refractivity contribution in [2.45, 2.75) is 68.3 Å². The number of pyridine rings is 1. The van der Waals surface area contributed by atoms with E-state index in [1.807, 2.05) is 6.92 Å². The van der Waals surface area contributed by atoms with Crippen LogP contribution in [0, 0.1) is 0 Å². The lowest BCUT2D eigenvalue weighted by atomic mass is 9.73. The molecule has 1 amide bonds. The van der Waals surface area contributed by atoms with Gasteiger partial charge in [-0.05, 0) is 63.6 Å². The van der Waals surface area contributed by atoms with E-state index in [1.165, 1.54) is 6.20 Å². The monoisotopic (exact) mass is 551 g/mol. The van der Waals surface area contributed by atoms with Crippen LogP contribution in [-0.4, -0.2) is 63.3 Å². The molecule has 2 aliphatic heterocycles. The minimum Gasteiger partial charge on any atom is -0.477 e. The SMILES string of the molecule is CCOc1cncc(-c2ccc(NC(=O)C3(c4ccnc(NS(=O)(=O)C5CC5)n4)C[C@H]4CC[C@@H](C3)O4)nc2)n1. The Morgan fingerprint density at radius 1 is 1.05 bits per heavy atom. The van der Waals surface area contributed by atoms with Crippen molar-refractivity contribution >= 4 is 27.7 Å². The Bertz CT molecular complexity index is 1470. The quantitative estimate of drug-likeness (QED) is 0.405. The molecule has 39 heavy (non-hydrogen) atoms. The number of fused-ring (bicyclic) bond motifs is 2. The molecule has 2 bridgehead atoms. The molecule has 0 spiro atoms. The molecule has 3 aromatic heterocycles. The summed E-state index contributed by atoms with van der Waals surface area (Å²) in [6.45, 7) is 2.36. The number of ether oxygens (including phenoxy) is 2. The van der Waals surface area contributed by atoms with E-state index in [1.54, 1.807) is 36.8 Å². The summed E-state index contributed by atoms with van der Waals surface area (Å²) in [6, 6.07) is 5.19. The zero-order valence-corrected chi connectivity index (χ0v) is 22.2. The van der Waals surface area contributed by atoms with Gasteiger partial charge in [-0.2, -0.15) is 0 Å². The molecule has 12 nitrogen and oxygen atoms in total. The van der Waals surface area contributed by atoms with E-state index in [9.17, 15) is 13.2 Å². The van der Waals surface area contributed by atoms with Crippen LogP contribution in [0.25, 0.3) is 11.3 Å². The Morgan fingerprint density at radius 2 is 1.85 bits per heavy atom. The van der Waals surface area contributed by atoms with Gasteiger partial charge in [0.15, 0.2) is 0 Å². The van der Waals surface area contributed by atoms with E-state index >= 15 is 0 Å². The van der Waals surface area contributed by atoms with Gasteiger partial charge in [-0.1, -0.05) is 0 Å². The maximum Gasteiger partial charge on any atom is 0.237 e. The molecule has 3 fully saturated rings. The molecule has 204 valence electrons. The average Bonchev–Trinajstić information content (AvgIpc) is 3.74. The van der Waals surface area contributed by atoms with Gasteiger partial charge in [-0.15, -0.1) is 0 Å². The minimum atomic E-state index is -3.55. The third kappa shape index (κ3) is 5.28. The second kappa shape index (κ2) is 10.1. The van der Waals surface area contributed by atoms with Gasteiger partial charge < -0.3 is 14.8 Å². The Labute approximate surface area is 226 Å². The number of nitrogens with one attached hydrogen (secondary N) is 2. The molecule has 0 aromatic carbocycles. The lowest BCUT2D eigenvalue weighted by Crippen LogP contribution is -2.48. The van der Waals surface area contributed by atoms with Crippen LogP contribution in [0.2, 0.25) is 0 Å². The minimum absolute atomic E-state index is 0.0247. The summed E-state index contributed by atoms with van der Waals surface area (Å²) in [7, 11) is -3.55. The van der Waals surface area contributed by atoms with E-state index < -0.39 is 20.7 Å². The predicted octanol–water partition coefficient (Wildman–Crippen LogP) is 2.85. The first-order chi connectivity index (χ1) is 18.8. The third-order valence-electron chi connectivity index (χ3n) is 7.33. The van der Waals surface area contributed by atoms with Gasteiger partial charge in [-0.25, -0.2) is 28.4 Å². The van der Waals surface area contributed by atoms with Gasteiger partial charge in [0.25, 0.3) is 0 Å². The van der Waals surface area contributed by atoms with Crippen molar-refractivity contribution < 1.29 is 22.7 Å². The van der Waals surface area contributed by atoms with Crippen molar-refractivity contribution in [1.82, 2.24) is 24.9 Å². The fourth-order valence-electron chi connectivity index (χ4n) is 5.28. The van der Waals surface area contributed by atoms with E-state index in [-0.39, 0.29) is 24.1 Å². The number of amides is 1. The zero-order valence-electron chi connectivity index (χ0n) is 21.4. The zero-order chi connectivity index (χ0) is 27.0. The second-order valence-corrected chi connectivity index (χ2v) is 12.1. The van der Waals surface area contributed by atoms with Gasteiger partial charge in [0.2, 0.25) is 27.8 Å². The average molecular weight is 552 g/mol. The van der Waals surface area contributed by atoms with Crippen LogP contribution in [-0.2, 0) is 25.0 Å². The van der Waals surface area contributed by atoms with Gasteiger partial charge in [0, 0.05) is 18.0 Å². The Morgan fingerprint density at radius 3 is 2.54 bits per heavy atom. The first kappa shape index (κ1) is 25.6. The summed E-state index contributed by atoms with van der Waals surface area (Å²) in [5.41, 5.74) is 0.767. The molecule has 3 atom stereocenters. The number of sulfonamides is 1. The van der Waals surface area contributed by atoms with E-state index in [2.05, 4.69) is 35.0 Å². The molecule has 2 saturated heterocycles. The Hall–Kier alpha value is -3.71. The largest absolute Gasteiger partial charge is 0.477 e. The standard InChI is InChI=1S/C26H29N7O5S/c1-2-37-23-15-27-14-20(30-23)16-3-8-22(29-13-16)32-24(34)26(11-17-4-5-18(12-26)38-17)21-9-10-28-25(31-21)33-39(35,36)19-6-7-19/h3,8-10,13-15,17-19H,2,4-7,11-12H2,1H3,(H,28,31,33)(H,29,32,34)/t17-,18+,26?. The van der Waals surface area contributed by atoms with Crippen LogP contribution in [0.3, 0.4) is 0 Å². The molecule has 0 radical (unpaired) electrons. The van der Waals surface area contributed by atoms with Crippen LogP contribution in [0.5, 0.6) is 5.88 Å². The number of aromatic nitrogens is 5. The highest BCUT2D eigenvalue weighted by Crippen LogP contribution is 2.46. The third-order valence-corrected chi connectivity index (χ3v) is 9.15. The van der Waals surface area contributed by atoms with Crippen molar-refractivity contribution in [2.75, 3.05) is 16.6 Å². The molecule has 6 rings (SSSR count). The summed E-state index contributed by atoms with van der Waals surface area (Å²) in [5.74, 6) is 0.505. The molecule has 5 heterocycles. The first-order valence-electron chi connectivity index (χ1n) is 13.1. The first-order valence-corrected chi connectivity index (χ1v) is 14.6. The molecular formula is C26H29N7O5S. The van der Waals surface area contributed by atoms with E-state index in [0.717, 1.165) is 18.4 Å². The number of carbonyl (C=O) groups excluding carboxylic acids is 1. The highest BCUT2D eigenvalue weighted by atomic mass is 32.2. The predicted molar refractivity (Wildman–Crippen MR) is 141 cm³/mol. The number of nitrogens with zero attached hydrogens (tertiary/aromatic N) is 5. The fourth-order valence-corrected chi connectivity index (χ4v) is 6.55. The lowest BCUT2D eigenvalue weighted by Gasteiger charge is -2.38. The molecule has 3 aliphatic rings. The van der Waals surface area contributed by atoms with Crippen LogP contribution in [0.15, 0.2) is 43.0 Å². The molecule has 2 N–H and O–H groups in total. The van der Waals surface area contributed by atoms with Crippen molar-refractivity contribution in [1.29, 1.82) is 0 Å². The van der Waals surface area contributed by atoms with E-state index in [0.29, 0.717) is 55.4 Å². The summed E-state index contributed by atoms with van der Waals surface area (Å²) < 4.78 is 38.9. The van der Waals surface area contributed by atoms with Crippen molar-refractivity contribution in [2.24, 2.45) is 0 Å². The summed E-state index contributed by atoms with van der Waals surface area (Å²) >= 11 is 0. The normalized spacial score (nSPS) is 24.2. The molecule has 13 heteroatoms. The molecule has 1 saturated carbocycles. The van der Waals surface area contributed by atoms with Gasteiger partial charge in [0.1, 0.15) is 5.82 Å². The van der Waals surface area contributed by atoms with Crippen LogP contribution in [0.4, 0.5) is 11.8 Å². The highest BCUT2D eigenvalue weighted by molar-refractivity contribution is 7.93. The molecule has 3 aromatic rings. The number of hydrogen-bond donors (Lipinski definition) is 2. The number of anilines is 2. The van der Waals surface area contributed by atoms with Gasteiger partial charge in [-0.3, -0.25) is 14.5 Å². The number of hydrogen-bond acceptors (Lipinski definition) is 10. The summed E-state index contributed by atoms with van der Waals surface area (Å²) in [5, 5.41) is 2.55. The molecular weight excluding hydrogens is 522 g/mol. The van der Waals surface area contributed by atoms with Crippen LogP contribution < -0.4 is 14.8 Å². The van der Waals surface area contributed by atoms with E-state index in [4.69, 9.17) is 9.47 Å². The second-order valence-electron chi connectivity index (χ2n) is 10.1. The van der Waals surface area contributed by atoms with Gasteiger partial charge in [0.05, 0.1) is 53.3 Å². The summed E-state index contributed by atoms with van der Waals surface area (Å²) in [6.07, 6.45) is 9.94. The summed E-state index contributed by atoms with van der Waals surface area (Å²) in [4.78, 5) is 35.6. The molecule has 1 unspecified atom stereocenters. The highest BCUT2D eigenvalue weighted by Gasteiger charge is 2.52. The van der Waals surface area contributed by atoms with Crippen LogP contribution in [0.1, 0.15) is 51.1 Å². The number of carbonyl (C=O) groups is 1. The van der Waals surface area contributed by atoms with Crippen molar-refractivity contribution in [3.63, 3.8) is 0 Å². The maximum absolute atomic E-state index is 14.0. The molecule has 1 aliphatic carbocycles. The van der Waals surface area contributed by atoms with Crippen molar-refractivity contribution in [3.05, 3.63) is 48.7 Å². The topological polar surface area (TPSA) is 158 Å². The number of rotatable bonds is 9. The smallest absolute Gasteiger partial charge is 0.237 e. The lowest BCUT2D eigenvalue weighted by molar-refractivity contribution is -0.129. The Balaban J connectivity index is 1.26. The maximum atomic E-state index is 14.0. The van der Waals surface area contributed by atoms with Crippen LogP contribution >= 0.6 is 0 Å². The Kier molecular flexibility index (Phi) is 6.63.